The van der Waals surface area contributed by atoms with Crippen LogP contribution in [0.3, 0.4) is 0 Å². The van der Waals surface area contributed by atoms with E-state index < -0.39 is 6.43 Å². The number of nitrogens with zero attached hydrogens (tertiary/aromatic N) is 1. The van der Waals surface area contributed by atoms with E-state index in [0.29, 0.717) is 6.07 Å². The standard InChI is InChI=1S/C2F2N/c3-2(4)1-5. The first kappa shape index (κ1) is 4.35. The fourth-order valence-electron chi connectivity index (χ4n) is 0. The van der Waals surface area contributed by atoms with E-state index in [1.54, 1.807) is 0 Å². The van der Waals surface area contributed by atoms with Crippen LogP contribution in [-0.2, 0) is 0 Å². The molecule has 0 N–H and O–H groups in total. The van der Waals surface area contributed by atoms with Gasteiger partial charge in [-0.3, -0.25) is 0 Å². The number of halogens is 2. The van der Waals surface area contributed by atoms with E-state index in [1.165, 1.54) is 0 Å². The summed E-state index contributed by atoms with van der Waals surface area (Å²) in [5, 5.41) is 7.11. The fraction of sp³-hybridized carbons (Fsp3) is 0. The summed E-state index contributed by atoms with van der Waals surface area (Å²) >= 11 is 0. The highest BCUT2D eigenvalue weighted by Crippen LogP contribution is 1.95. The summed E-state index contributed by atoms with van der Waals surface area (Å²) in [4.78, 5) is 0. The van der Waals surface area contributed by atoms with Gasteiger partial charge in [-0.2, -0.15) is 14.0 Å². The molecular weight excluding hydrogens is 76.0 g/mol. The first-order valence-corrected chi connectivity index (χ1v) is 0.852. The van der Waals surface area contributed by atoms with Crippen molar-refractivity contribution in [2.45, 2.75) is 0 Å². The van der Waals surface area contributed by atoms with Crippen LogP contribution in [0.4, 0.5) is 8.78 Å². The molecule has 0 rings (SSSR count). The number of rotatable bonds is 0. The van der Waals surface area contributed by atoms with Crippen molar-refractivity contribution in [3.05, 3.63) is 6.43 Å². The molecule has 5 heavy (non-hydrogen) atoms. The number of nitriles is 1. The third kappa shape index (κ3) is 3.35. The van der Waals surface area contributed by atoms with Crippen molar-refractivity contribution in [2.24, 2.45) is 0 Å². The van der Waals surface area contributed by atoms with Crippen molar-refractivity contribution in [2.75, 3.05) is 0 Å². The van der Waals surface area contributed by atoms with Crippen molar-refractivity contribution >= 4 is 0 Å². The van der Waals surface area contributed by atoms with Gasteiger partial charge in [-0.05, 0) is 0 Å². The van der Waals surface area contributed by atoms with Crippen LogP contribution < -0.4 is 0 Å². The highest BCUT2D eigenvalue weighted by Gasteiger charge is 1.95. The molecule has 0 fully saturated rings. The molecule has 0 saturated carbocycles. The maximum absolute atomic E-state index is 10.3. The monoisotopic (exact) mass is 76.0 g/mol. The Morgan fingerprint density at radius 3 is 1.80 bits per heavy atom. The second-order valence-corrected chi connectivity index (χ2v) is 0.372. The summed E-state index contributed by atoms with van der Waals surface area (Å²) in [6.07, 6.45) is -2.19. The molecule has 1 radical (unpaired) electrons. The van der Waals surface area contributed by atoms with Gasteiger partial charge in [0, 0.05) is 0 Å². The molecule has 0 spiro atoms. The maximum atomic E-state index is 10.3. The quantitative estimate of drug-likeness (QED) is 0.421. The average Bonchev–Trinajstić information content (AvgIpc) is 1.38. The Hall–Kier alpha value is -0.650. The lowest BCUT2D eigenvalue weighted by Crippen LogP contribution is -1.61. The highest BCUT2D eigenvalue weighted by atomic mass is 19.3. The molecule has 27 valence electrons. The van der Waals surface area contributed by atoms with Gasteiger partial charge < -0.3 is 0 Å². The molecule has 0 atom stereocenters. The molecule has 0 saturated heterocycles. The first-order valence-electron chi connectivity index (χ1n) is 0.852. The predicted octanol–water partition coefficient (Wildman–Crippen LogP) is 0.938. The van der Waals surface area contributed by atoms with Gasteiger partial charge >= 0.3 is 6.43 Å². The Morgan fingerprint density at radius 2 is 1.80 bits per heavy atom. The molecule has 0 heterocycles. The molecule has 1 nitrogen and oxygen atoms in total. The van der Waals surface area contributed by atoms with E-state index in [2.05, 4.69) is 0 Å². The van der Waals surface area contributed by atoms with Crippen molar-refractivity contribution in [1.82, 2.24) is 0 Å². The molecule has 0 aliphatic heterocycles. The van der Waals surface area contributed by atoms with E-state index in [9.17, 15) is 8.78 Å². The minimum absolute atomic E-state index is 0.611. The Bertz CT molecular complexity index is 53.2. The Morgan fingerprint density at radius 1 is 1.60 bits per heavy atom. The van der Waals surface area contributed by atoms with Crippen LogP contribution in [0.25, 0.3) is 0 Å². The van der Waals surface area contributed by atoms with Gasteiger partial charge in [0.25, 0.3) is 0 Å². The van der Waals surface area contributed by atoms with E-state index in [-0.39, 0.29) is 0 Å². The minimum Gasteiger partial charge on any atom is -0.191 e. The molecule has 3 heteroatoms. The van der Waals surface area contributed by atoms with Gasteiger partial charge in [-0.25, -0.2) is 0 Å². The minimum atomic E-state index is -2.19. The molecular formula is C2F2N. The third-order valence-corrected chi connectivity index (χ3v) is 0.0845. The topological polar surface area (TPSA) is 23.8 Å². The molecule has 0 aromatic carbocycles. The maximum Gasteiger partial charge on any atom is 0.407 e. The van der Waals surface area contributed by atoms with Gasteiger partial charge in [-0.15, -0.1) is 0 Å². The van der Waals surface area contributed by atoms with Crippen molar-refractivity contribution in [3.63, 3.8) is 0 Å². The Balaban J connectivity index is 2.94. The second-order valence-electron chi connectivity index (χ2n) is 0.372. The highest BCUT2D eigenvalue weighted by molar-refractivity contribution is 4.89. The molecule has 0 aromatic heterocycles. The van der Waals surface area contributed by atoms with Gasteiger partial charge in [0.1, 0.15) is 6.07 Å². The zero-order valence-electron chi connectivity index (χ0n) is 2.20. The third-order valence-electron chi connectivity index (χ3n) is 0.0845. The van der Waals surface area contributed by atoms with Crippen molar-refractivity contribution < 1.29 is 8.78 Å². The smallest absolute Gasteiger partial charge is 0.191 e. The predicted molar refractivity (Wildman–Crippen MR) is 11.1 cm³/mol. The number of hydrogen-bond acceptors (Lipinski definition) is 1. The van der Waals surface area contributed by atoms with Gasteiger partial charge in [-0.1, -0.05) is 0 Å². The van der Waals surface area contributed by atoms with Crippen molar-refractivity contribution in [1.29, 1.82) is 5.26 Å². The van der Waals surface area contributed by atoms with Gasteiger partial charge in [0.05, 0.1) is 0 Å². The van der Waals surface area contributed by atoms with Crippen LogP contribution in [-0.4, -0.2) is 0 Å². The lowest BCUT2D eigenvalue weighted by atomic mass is 10.8. The normalized spacial score (nSPS) is 7.60. The Labute approximate surface area is 27.8 Å². The summed E-state index contributed by atoms with van der Waals surface area (Å²) < 4.78 is 20.6. The summed E-state index contributed by atoms with van der Waals surface area (Å²) in [6, 6.07) is 0.611. The van der Waals surface area contributed by atoms with E-state index >= 15 is 0 Å². The Kier molecular flexibility index (Phi) is 1.43. The van der Waals surface area contributed by atoms with Crippen LogP contribution in [0.2, 0.25) is 0 Å². The molecule has 0 aliphatic carbocycles. The largest absolute Gasteiger partial charge is 0.407 e. The van der Waals surface area contributed by atoms with Crippen LogP contribution in [0.1, 0.15) is 0 Å². The SMILES string of the molecule is N#C[C](F)F. The molecule has 0 bridgehead atoms. The van der Waals surface area contributed by atoms with Crippen molar-refractivity contribution in [3.8, 4) is 6.07 Å². The van der Waals surface area contributed by atoms with E-state index in [0.717, 1.165) is 0 Å². The molecule has 0 aromatic rings. The van der Waals surface area contributed by atoms with Gasteiger partial charge in [0.15, 0.2) is 0 Å². The molecule has 0 amide bonds. The lowest BCUT2D eigenvalue weighted by Gasteiger charge is -1.63. The second kappa shape index (κ2) is 1.65. The summed E-state index contributed by atoms with van der Waals surface area (Å²) in [7, 11) is 0. The molecule has 0 unspecified atom stereocenters. The number of hydrogen-bond donors (Lipinski definition) is 0. The first-order chi connectivity index (χ1) is 2.27. The summed E-state index contributed by atoms with van der Waals surface area (Å²) in [6.45, 7) is 0. The van der Waals surface area contributed by atoms with E-state index in [4.69, 9.17) is 5.26 Å². The zero-order valence-corrected chi connectivity index (χ0v) is 2.20. The van der Waals surface area contributed by atoms with Crippen LogP contribution >= 0.6 is 0 Å². The zero-order chi connectivity index (χ0) is 4.28. The molecule has 0 aliphatic rings. The summed E-state index contributed by atoms with van der Waals surface area (Å²) in [5.74, 6) is 0. The van der Waals surface area contributed by atoms with Gasteiger partial charge in [0.2, 0.25) is 0 Å². The van der Waals surface area contributed by atoms with E-state index in [1.807, 2.05) is 0 Å². The fourth-order valence-corrected chi connectivity index (χ4v) is 0. The van der Waals surface area contributed by atoms with Crippen LogP contribution in [0, 0.1) is 17.8 Å². The summed E-state index contributed by atoms with van der Waals surface area (Å²) in [5.41, 5.74) is 0. The van der Waals surface area contributed by atoms with Crippen LogP contribution in [0.5, 0.6) is 0 Å². The van der Waals surface area contributed by atoms with Crippen LogP contribution in [0.15, 0.2) is 0 Å². The average molecular weight is 76.0 g/mol. The lowest BCUT2D eigenvalue weighted by molar-refractivity contribution is 0.340.